The molecule has 3 heterocycles. The van der Waals surface area contributed by atoms with Crippen LogP contribution in [-0.4, -0.2) is 25.6 Å². The Hall–Kier alpha value is -2.37. The maximum Gasteiger partial charge on any atom is 0.170 e. The summed E-state index contributed by atoms with van der Waals surface area (Å²) in [6.07, 6.45) is 1.84. The first-order valence-electron chi connectivity index (χ1n) is 10.2. The molecule has 30 heavy (non-hydrogen) atoms. The summed E-state index contributed by atoms with van der Waals surface area (Å²) in [7, 11) is 0. The van der Waals surface area contributed by atoms with Crippen LogP contribution < -0.4 is 5.32 Å². The number of rotatable bonds is 4. The van der Waals surface area contributed by atoms with Crippen molar-refractivity contribution >= 4 is 28.9 Å². The minimum Gasteiger partial charge on any atom is -0.352 e. The van der Waals surface area contributed by atoms with Crippen LogP contribution in [0.4, 0.5) is 0 Å². The van der Waals surface area contributed by atoms with E-state index in [2.05, 4.69) is 66.5 Å². The number of nitrogens with one attached hydrogen (secondary N) is 1. The first kappa shape index (κ1) is 20.9. The SMILES string of the molecule is Cc1c([C@@H]2[C@H](c3ccccn3)NC(=S)N2C(C)C)c(C)n(-c2cccc(Cl)c2)c1C. The average molecular weight is 439 g/mol. The fourth-order valence-electron chi connectivity index (χ4n) is 4.67. The lowest BCUT2D eigenvalue weighted by Gasteiger charge is -2.32. The van der Waals surface area contributed by atoms with Crippen LogP contribution in [0.25, 0.3) is 5.69 Å². The predicted octanol–water partition coefficient (Wildman–Crippen LogP) is 5.83. The highest BCUT2D eigenvalue weighted by molar-refractivity contribution is 7.80. The molecular formula is C24H27ClN4S. The number of hydrogen-bond acceptors (Lipinski definition) is 2. The molecule has 0 unspecified atom stereocenters. The zero-order valence-electron chi connectivity index (χ0n) is 18.0. The molecule has 0 aliphatic carbocycles. The standard InChI is InChI=1S/C24H27ClN4S/c1-14(2)28-23(22(27-24(28)30)20-11-6-7-12-26-20)21-15(3)16(4)29(17(21)5)19-10-8-9-18(25)13-19/h6-14,22-23H,1-5H3,(H,27,30)/t22-,23+/m0/s1. The molecule has 0 bridgehead atoms. The molecule has 4 nitrogen and oxygen atoms in total. The maximum absolute atomic E-state index is 6.30. The third-order valence-electron chi connectivity index (χ3n) is 6.06. The van der Waals surface area contributed by atoms with Gasteiger partial charge in [0.2, 0.25) is 0 Å². The second-order valence-corrected chi connectivity index (χ2v) is 8.98. The zero-order valence-corrected chi connectivity index (χ0v) is 19.6. The van der Waals surface area contributed by atoms with Crippen molar-refractivity contribution < 1.29 is 0 Å². The maximum atomic E-state index is 6.30. The van der Waals surface area contributed by atoms with E-state index in [-0.39, 0.29) is 18.1 Å². The molecule has 0 radical (unpaired) electrons. The Morgan fingerprint density at radius 1 is 1.07 bits per heavy atom. The third-order valence-corrected chi connectivity index (χ3v) is 6.62. The van der Waals surface area contributed by atoms with Gasteiger partial charge < -0.3 is 14.8 Å². The molecule has 1 fully saturated rings. The molecule has 2 aromatic heterocycles. The molecule has 1 aliphatic rings. The van der Waals surface area contributed by atoms with Crippen LogP contribution >= 0.6 is 23.8 Å². The van der Waals surface area contributed by atoms with E-state index >= 15 is 0 Å². The highest BCUT2D eigenvalue weighted by Gasteiger charge is 2.43. The van der Waals surface area contributed by atoms with E-state index in [4.69, 9.17) is 23.8 Å². The molecule has 0 amide bonds. The Morgan fingerprint density at radius 2 is 1.83 bits per heavy atom. The quantitative estimate of drug-likeness (QED) is 0.519. The van der Waals surface area contributed by atoms with Crippen molar-refractivity contribution in [1.82, 2.24) is 19.8 Å². The molecule has 6 heteroatoms. The number of thiocarbonyl (C=S) groups is 1. The Bertz CT molecular complexity index is 1090. The summed E-state index contributed by atoms with van der Waals surface area (Å²) in [5, 5.41) is 5.06. The number of aromatic nitrogens is 2. The Balaban J connectivity index is 1.92. The van der Waals surface area contributed by atoms with E-state index in [0.717, 1.165) is 21.5 Å². The topological polar surface area (TPSA) is 33.1 Å². The summed E-state index contributed by atoms with van der Waals surface area (Å²) in [6, 6.07) is 14.4. The van der Waals surface area contributed by atoms with Crippen molar-refractivity contribution in [1.29, 1.82) is 0 Å². The van der Waals surface area contributed by atoms with Gasteiger partial charge in [-0.1, -0.05) is 23.7 Å². The number of nitrogens with zero attached hydrogens (tertiary/aromatic N) is 3. The van der Waals surface area contributed by atoms with Gasteiger partial charge in [0.05, 0.1) is 17.8 Å². The van der Waals surface area contributed by atoms with Crippen LogP contribution in [-0.2, 0) is 0 Å². The first-order valence-corrected chi connectivity index (χ1v) is 11.0. The van der Waals surface area contributed by atoms with Gasteiger partial charge >= 0.3 is 0 Å². The van der Waals surface area contributed by atoms with Crippen LogP contribution in [0, 0.1) is 20.8 Å². The number of hydrogen-bond donors (Lipinski definition) is 1. The molecular weight excluding hydrogens is 412 g/mol. The minimum absolute atomic E-state index is 0.00638. The summed E-state index contributed by atoms with van der Waals surface area (Å²) in [4.78, 5) is 6.96. The van der Waals surface area contributed by atoms with Gasteiger partial charge in [0.1, 0.15) is 0 Å². The van der Waals surface area contributed by atoms with Crippen LogP contribution in [0.15, 0.2) is 48.7 Å². The van der Waals surface area contributed by atoms with Gasteiger partial charge in [-0.3, -0.25) is 4.98 Å². The lowest BCUT2D eigenvalue weighted by Crippen LogP contribution is -2.36. The fraction of sp³-hybridized carbons (Fsp3) is 0.333. The van der Waals surface area contributed by atoms with E-state index in [0.29, 0.717) is 0 Å². The van der Waals surface area contributed by atoms with Crippen molar-refractivity contribution in [3.63, 3.8) is 0 Å². The average Bonchev–Trinajstić information content (AvgIpc) is 3.16. The summed E-state index contributed by atoms with van der Waals surface area (Å²) in [6.45, 7) is 10.9. The number of benzene rings is 1. The lowest BCUT2D eigenvalue weighted by molar-refractivity contribution is 0.268. The van der Waals surface area contributed by atoms with Gasteiger partial charge in [0.25, 0.3) is 0 Å². The van der Waals surface area contributed by atoms with Crippen molar-refractivity contribution in [2.75, 3.05) is 0 Å². The number of halogens is 1. The Morgan fingerprint density at radius 3 is 2.47 bits per heavy atom. The molecule has 1 aromatic carbocycles. The molecule has 1 saturated heterocycles. The van der Waals surface area contributed by atoms with Gasteiger partial charge in [-0.2, -0.15) is 0 Å². The summed E-state index contributed by atoms with van der Waals surface area (Å²) in [5.74, 6) is 0. The smallest absolute Gasteiger partial charge is 0.170 e. The summed E-state index contributed by atoms with van der Waals surface area (Å²) < 4.78 is 2.30. The molecule has 1 aliphatic heterocycles. The third kappa shape index (κ3) is 3.40. The highest BCUT2D eigenvalue weighted by atomic mass is 35.5. The Kier molecular flexibility index (Phi) is 5.60. The minimum atomic E-state index is -0.00638. The Labute approximate surface area is 188 Å². The monoisotopic (exact) mass is 438 g/mol. The van der Waals surface area contributed by atoms with Crippen LogP contribution in [0.2, 0.25) is 5.02 Å². The van der Waals surface area contributed by atoms with E-state index in [1.165, 1.54) is 22.5 Å². The van der Waals surface area contributed by atoms with Crippen LogP contribution in [0.5, 0.6) is 0 Å². The highest BCUT2D eigenvalue weighted by Crippen LogP contribution is 2.44. The van der Waals surface area contributed by atoms with Gasteiger partial charge in [0, 0.05) is 39.9 Å². The van der Waals surface area contributed by atoms with Crippen LogP contribution in [0.3, 0.4) is 0 Å². The second kappa shape index (κ2) is 8.05. The van der Waals surface area contributed by atoms with Crippen molar-refractivity contribution in [3.05, 3.63) is 81.9 Å². The lowest BCUT2D eigenvalue weighted by atomic mass is 9.93. The van der Waals surface area contributed by atoms with Crippen molar-refractivity contribution in [3.8, 4) is 5.69 Å². The van der Waals surface area contributed by atoms with Gasteiger partial charge in [-0.05, 0) is 82.7 Å². The molecule has 0 spiro atoms. The molecule has 0 saturated carbocycles. The summed E-state index contributed by atoms with van der Waals surface area (Å²) in [5.41, 5.74) is 7.06. The van der Waals surface area contributed by atoms with Crippen molar-refractivity contribution in [2.45, 2.75) is 52.7 Å². The molecule has 4 rings (SSSR count). The van der Waals surface area contributed by atoms with E-state index in [1.807, 2.05) is 36.5 Å². The molecule has 3 aromatic rings. The van der Waals surface area contributed by atoms with Crippen molar-refractivity contribution in [2.24, 2.45) is 0 Å². The fourth-order valence-corrected chi connectivity index (χ4v) is 5.31. The second-order valence-electron chi connectivity index (χ2n) is 8.15. The molecule has 156 valence electrons. The van der Waals surface area contributed by atoms with Gasteiger partial charge in [-0.15, -0.1) is 0 Å². The van der Waals surface area contributed by atoms with E-state index < -0.39 is 0 Å². The molecule has 1 N–H and O–H groups in total. The predicted molar refractivity (Wildman–Crippen MR) is 127 cm³/mol. The van der Waals surface area contributed by atoms with Crippen LogP contribution in [0.1, 0.15) is 54.1 Å². The first-order chi connectivity index (χ1) is 14.3. The zero-order chi connectivity index (χ0) is 21.6. The number of pyridine rings is 1. The van der Waals surface area contributed by atoms with Gasteiger partial charge in [-0.25, -0.2) is 0 Å². The van der Waals surface area contributed by atoms with E-state index in [9.17, 15) is 0 Å². The van der Waals surface area contributed by atoms with Gasteiger partial charge in [0.15, 0.2) is 5.11 Å². The largest absolute Gasteiger partial charge is 0.352 e. The van der Waals surface area contributed by atoms with E-state index in [1.54, 1.807) is 0 Å². The summed E-state index contributed by atoms with van der Waals surface area (Å²) >= 11 is 12.1. The normalized spacial score (nSPS) is 18.9. The molecule has 2 atom stereocenters.